The Kier molecular flexibility index (Phi) is 3.19. The number of nitrogens with one attached hydrogen (secondary N) is 1. The molecule has 1 N–H and O–H groups in total. The Morgan fingerprint density at radius 2 is 2.31 bits per heavy atom. The lowest BCUT2D eigenvalue weighted by atomic mass is 9.94. The molecule has 0 aliphatic carbocycles. The van der Waals surface area contributed by atoms with Crippen molar-refractivity contribution in [3.63, 3.8) is 0 Å². The summed E-state index contributed by atoms with van der Waals surface area (Å²) < 4.78 is 18.2. The monoisotopic (exact) mass is 223 g/mol. The lowest BCUT2D eigenvalue weighted by Gasteiger charge is -2.26. The number of carbonyl (C=O) groups excluding carboxylic acids is 1. The number of rotatable bonds is 4. The molecule has 1 aromatic carbocycles. The van der Waals surface area contributed by atoms with Crippen molar-refractivity contribution in [3.8, 4) is 5.75 Å². The normalized spacial score (nSPS) is 15.6. The van der Waals surface area contributed by atoms with E-state index in [9.17, 15) is 9.18 Å². The van der Waals surface area contributed by atoms with Gasteiger partial charge in [-0.3, -0.25) is 4.79 Å². The summed E-state index contributed by atoms with van der Waals surface area (Å²) in [4.78, 5) is 11.8. The molecular weight excluding hydrogens is 209 g/mol. The molecule has 2 rings (SSSR count). The van der Waals surface area contributed by atoms with Gasteiger partial charge in [0.25, 0.3) is 0 Å². The van der Waals surface area contributed by atoms with Gasteiger partial charge < -0.3 is 10.1 Å². The predicted octanol–water partition coefficient (Wildman–Crippen LogP) is 1.63. The van der Waals surface area contributed by atoms with E-state index in [1.807, 2.05) is 0 Å². The first-order valence-corrected chi connectivity index (χ1v) is 5.28. The summed E-state index contributed by atoms with van der Waals surface area (Å²) in [7, 11) is 1.40. The highest BCUT2D eigenvalue weighted by Gasteiger charge is 2.21. The number of ketones is 1. The van der Waals surface area contributed by atoms with Crippen molar-refractivity contribution in [2.24, 2.45) is 5.92 Å². The third-order valence-corrected chi connectivity index (χ3v) is 2.81. The number of carbonyl (C=O) groups is 1. The lowest BCUT2D eigenvalue weighted by Crippen LogP contribution is -2.42. The molecule has 0 atom stereocenters. The Labute approximate surface area is 93.6 Å². The summed E-state index contributed by atoms with van der Waals surface area (Å²) in [6, 6.07) is 4.34. The fourth-order valence-electron chi connectivity index (χ4n) is 1.71. The van der Waals surface area contributed by atoms with Gasteiger partial charge in [0, 0.05) is 12.0 Å². The van der Waals surface area contributed by atoms with Crippen LogP contribution in [0.5, 0.6) is 5.75 Å². The van der Waals surface area contributed by atoms with Crippen molar-refractivity contribution in [2.75, 3.05) is 20.2 Å². The number of hydrogen-bond acceptors (Lipinski definition) is 3. The molecule has 0 bridgehead atoms. The van der Waals surface area contributed by atoms with Gasteiger partial charge in [-0.25, -0.2) is 4.39 Å². The summed E-state index contributed by atoms with van der Waals surface area (Å²) >= 11 is 0. The fraction of sp³-hybridized carbons (Fsp3) is 0.417. The zero-order valence-electron chi connectivity index (χ0n) is 9.13. The van der Waals surface area contributed by atoms with Gasteiger partial charge in [0.05, 0.1) is 7.11 Å². The number of methoxy groups -OCH3 is 1. The quantitative estimate of drug-likeness (QED) is 0.788. The van der Waals surface area contributed by atoms with Gasteiger partial charge in [0.2, 0.25) is 0 Å². The highest BCUT2D eigenvalue weighted by molar-refractivity contribution is 5.96. The number of hydrogen-bond donors (Lipinski definition) is 1. The molecule has 1 aliphatic heterocycles. The minimum atomic E-state index is -0.486. The van der Waals surface area contributed by atoms with Crippen LogP contribution in [0.25, 0.3) is 0 Å². The number of benzene rings is 1. The standard InChI is InChI=1S/C12H14FNO2/c1-16-12-3-2-9(5-10(12)13)11(15)4-8-6-14-7-8/h2-3,5,8,14H,4,6-7H2,1H3. The topological polar surface area (TPSA) is 38.3 Å². The van der Waals surface area contributed by atoms with Crippen molar-refractivity contribution < 1.29 is 13.9 Å². The Balaban J connectivity index is 2.07. The van der Waals surface area contributed by atoms with E-state index in [4.69, 9.17) is 4.74 Å². The molecule has 0 radical (unpaired) electrons. The molecule has 0 saturated carbocycles. The second-order valence-electron chi connectivity index (χ2n) is 4.00. The largest absolute Gasteiger partial charge is 0.494 e. The average molecular weight is 223 g/mol. The van der Waals surface area contributed by atoms with Crippen LogP contribution in [0.1, 0.15) is 16.8 Å². The van der Waals surface area contributed by atoms with Crippen molar-refractivity contribution >= 4 is 5.78 Å². The van der Waals surface area contributed by atoms with Gasteiger partial charge in [-0.1, -0.05) is 0 Å². The Morgan fingerprint density at radius 3 is 2.81 bits per heavy atom. The van der Waals surface area contributed by atoms with E-state index in [1.54, 1.807) is 6.07 Å². The van der Waals surface area contributed by atoms with Gasteiger partial charge in [-0.2, -0.15) is 0 Å². The van der Waals surface area contributed by atoms with E-state index in [1.165, 1.54) is 19.2 Å². The van der Waals surface area contributed by atoms with Gasteiger partial charge in [0.15, 0.2) is 17.3 Å². The molecule has 4 heteroatoms. The minimum absolute atomic E-state index is 0.00643. The maximum atomic E-state index is 13.4. The Hall–Kier alpha value is -1.42. The van der Waals surface area contributed by atoms with E-state index in [-0.39, 0.29) is 11.5 Å². The number of Topliss-reactive ketones (excluding diaryl/α,β-unsaturated/α-hetero) is 1. The maximum Gasteiger partial charge on any atom is 0.165 e. The fourth-order valence-corrected chi connectivity index (χ4v) is 1.71. The van der Waals surface area contributed by atoms with E-state index in [0.717, 1.165) is 13.1 Å². The van der Waals surface area contributed by atoms with E-state index in [2.05, 4.69) is 5.32 Å². The first kappa shape index (κ1) is 11.1. The van der Waals surface area contributed by atoms with Crippen LogP contribution in [0, 0.1) is 11.7 Å². The second-order valence-corrected chi connectivity index (χ2v) is 4.00. The maximum absolute atomic E-state index is 13.4. The Morgan fingerprint density at radius 1 is 1.56 bits per heavy atom. The van der Waals surface area contributed by atoms with Crippen molar-refractivity contribution in [3.05, 3.63) is 29.6 Å². The number of halogens is 1. The lowest BCUT2D eigenvalue weighted by molar-refractivity contribution is 0.0945. The van der Waals surface area contributed by atoms with E-state index >= 15 is 0 Å². The summed E-state index contributed by atoms with van der Waals surface area (Å²) in [6.45, 7) is 1.76. The first-order valence-electron chi connectivity index (χ1n) is 5.28. The highest BCUT2D eigenvalue weighted by atomic mass is 19.1. The number of ether oxygens (including phenoxy) is 1. The van der Waals surface area contributed by atoms with Crippen LogP contribution >= 0.6 is 0 Å². The third kappa shape index (κ3) is 2.22. The molecule has 86 valence electrons. The zero-order valence-corrected chi connectivity index (χ0v) is 9.13. The van der Waals surface area contributed by atoms with E-state index < -0.39 is 5.82 Å². The summed E-state index contributed by atoms with van der Waals surface area (Å²) in [5, 5.41) is 3.10. The van der Waals surface area contributed by atoms with Crippen molar-refractivity contribution in [1.82, 2.24) is 5.32 Å². The smallest absolute Gasteiger partial charge is 0.165 e. The zero-order chi connectivity index (χ0) is 11.5. The molecule has 0 spiro atoms. The summed E-state index contributed by atoms with van der Waals surface area (Å²) in [5.41, 5.74) is 0.421. The van der Waals surface area contributed by atoms with Crippen molar-refractivity contribution in [1.29, 1.82) is 0 Å². The molecule has 16 heavy (non-hydrogen) atoms. The van der Waals surface area contributed by atoms with Crippen LogP contribution in [0.15, 0.2) is 18.2 Å². The molecule has 0 unspecified atom stereocenters. The summed E-state index contributed by atoms with van der Waals surface area (Å²) in [6.07, 6.45) is 0.485. The molecule has 3 nitrogen and oxygen atoms in total. The van der Waals surface area contributed by atoms with Crippen LogP contribution in [0.4, 0.5) is 4.39 Å². The van der Waals surface area contributed by atoms with Crippen molar-refractivity contribution in [2.45, 2.75) is 6.42 Å². The predicted molar refractivity (Wildman–Crippen MR) is 58.3 cm³/mol. The SMILES string of the molecule is COc1ccc(C(=O)CC2CNC2)cc1F. The third-order valence-electron chi connectivity index (χ3n) is 2.81. The average Bonchev–Trinajstić information content (AvgIpc) is 2.23. The van der Waals surface area contributed by atoms with Gasteiger partial charge >= 0.3 is 0 Å². The Bertz CT molecular complexity index is 402. The molecule has 1 saturated heterocycles. The van der Waals surface area contributed by atoms with Gasteiger partial charge in [0.1, 0.15) is 0 Å². The van der Waals surface area contributed by atoms with Gasteiger partial charge in [-0.15, -0.1) is 0 Å². The van der Waals surface area contributed by atoms with E-state index in [0.29, 0.717) is 17.9 Å². The minimum Gasteiger partial charge on any atom is -0.494 e. The molecule has 0 amide bonds. The van der Waals surface area contributed by atoms with Crippen LogP contribution in [-0.4, -0.2) is 26.0 Å². The van der Waals surface area contributed by atoms with Crippen LogP contribution < -0.4 is 10.1 Å². The summed E-state index contributed by atoms with van der Waals surface area (Å²) in [5.74, 6) is 0.0765. The van der Waals surface area contributed by atoms with Gasteiger partial charge in [-0.05, 0) is 37.2 Å². The molecular formula is C12H14FNO2. The van der Waals surface area contributed by atoms with Crippen LogP contribution in [0.3, 0.4) is 0 Å². The molecule has 1 aliphatic rings. The highest BCUT2D eigenvalue weighted by Crippen LogP contribution is 2.20. The molecule has 1 aromatic rings. The molecule has 1 fully saturated rings. The second kappa shape index (κ2) is 4.61. The first-order chi connectivity index (χ1) is 7.70. The van der Waals surface area contributed by atoms with Crippen LogP contribution in [-0.2, 0) is 0 Å². The molecule has 0 aromatic heterocycles. The molecule has 1 heterocycles. The van der Waals surface area contributed by atoms with Crippen LogP contribution in [0.2, 0.25) is 0 Å².